The minimum Gasteiger partial charge on any atom is -0.348 e. The number of halogens is 1. The van der Waals surface area contributed by atoms with E-state index in [9.17, 15) is 9.18 Å². The summed E-state index contributed by atoms with van der Waals surface area (Å²) < 4.78 is 13.0. The molecule has 2 aromatic rings. The van der Waals surface area contributed by atoms with Crippen LogP contribution in [0.1, 0.15) is 15.9 Å². The first-order valence-electron chi connectivity index (χ1n) is 5.79. The third kappa shape index (κ3) is 3.29. The second-order valence-electron chi connectivity index (χ2n) is 4.00. The molecule has 0 unspecified atom stereocenters. The quantitative estimate of drug-likeness (QED) is 0.581. The van der Waals surface area contributed by atoms with Gasteiger partial charge in [0.25, 0.3) is 5.91 Å². The van der Waals surface area contributed by atoms with E-state index in [4.69, 9.17) is 5.84 Å². The van der Waals surface area contributed by atoms with Gasteiger partial charge in [-0.15, -0.1) is 0 Å². The maximum Gasteiger partial charge on any atom is 0.253 e. The van der Waals surface area contributed by atoms with Crippen LogP contribution in [-0.4, -0.2) is 5.91 Å². The number of nitrogen functional groups attached to an aromatic ring is 1. The van der Waals surface area contributed by atoms with Crippen LogP contribution in [-0.2, 0) is 6.54 Å². The van der Waals surface area contributed by atoms with Crippen LogP contribution in [0.3, 0.4) is 0 Å². The van der Waals surface area contributed by atoms with Gasteiger partial charge in [0.15, 0.2) is 0 Å². The number of carbonyl (C=O) groups excluding carboxylic acids is 1. The van der Waals surface area contributed by atoms with Crippen LogP contribution < -0.4 is 16.6 Å². The van der Waals surface area contributed by atoms with Gasteiger partial charge in [0.05, 0.1) is 11.3 Å². The fraction of sp³-hybridized carbons (Fsp3) is 0.0714. The minimum atomic E-state index is -0.323. The number of amides is 1. The third-order valence-electron chi connectivity index (χ3n) is 2.67. The topological polar surface area (TPSA) is 67.1 Å². The molecular formula is C14H14FN3O. The molecule has 0 radical (unpaired) electrons. The molecule has 0 aliphatic heterocycles. The standard InChI is InChI=1S/C14H14FN3O/c15-11-5-3-4-10(8-11)9-17-14(19)12-6-1-2-7-13(12)18-16/h1-8,18H,9,16H2,(H,17,19). The highest BCUT2D eigenvalue weighted by Crippen LogP contribution is 2.13. The molecule has 0 saturated heterocycles. The summed E-state index contributed by atoms with van der Waals surface area (Å²) in [6, 6.07) is 13.0. The Bertz CT molecular complexity index is 586. The van der Waals surface area contributed by atoms with Crippen LogP contribution in [0.5, 0.6) is 0 Å². The summed E-state index contributed by atoms with van der Waals surface area (Å²) in [5, 5.41) is 2.72. The number of hydrogen-bond acceptors (Lipinski definition) is 3. The molecule has 0 saturated carbocycles. The molecule has 0 spiro atoms. The van der Waals surface area contributed by atoms with E-state index < -0.39 is 0 Å². The zero-order chi connectivity index (χ0) is 13.7. The number of hydrazine groups is 1. The Morgan fingerprint density at radius 2 is 1.95 bits per heavy atom. The van der Waals surface area contributed by atoms with Crippen molar-refractivity contribution in [1.82, 2.24) is 5.32 Å². The number of rotatable bonds is 4. The van der Waals surface area contributed by atoms with Crippen LogP contribution in [0.15, 0.2) is 48.5 Å². The van der Waals surface area contributed by atoms with Crippen molar-refractivity contribution < 1.29 is 9.18 Å². The number of anilines is 1. The first kappa shape index (κ1) is 13.0. The average Bonchev–Trinajstić information content (AvgIpc) is 2.45. The number of nitrogens with one attached hydrogen (secondary N) is 2. The van der Waals surface area contributed by atoms with Crippen molar-refractivity contribution in [3.05, 3.63) is 65.5 Å². The van der Waals surface area contributed by atoms with Gasteiger partial charge >= 0.3 is 0 Å². The lowest BCUT2D eigenvalue weighted by atomic mass is 10.1. The van der Waals surface area contributed by atoms with E-state index in [-0.39, 0.29) is 18.3 Å². The van der Waals surface area contributed by atoms with E-state index in [1.54, 1.807) is 36.4 Å². The first-order valence-corrected chi connectivity index (χ1v) is 5.79. The molecule has 0 aliphatic carbocycles. The number of carbonyl (C=O) groups is 1. The normalized spacial score (nSPS) is 10.0. The molecule has 0 aromatic heterocycles. The lowest BCUT2D eigenvalue weighted by molar-refractivity contribution is 0.0951. The molecule has 2 rings (SSSR count). The molecule has 19 heavy (non-hydrogen) atoms. The third-order valence-corrected chi connectivity index (χ3v) is 2.67. The van der Waals surface area contributed by atoms with Gasteiger partial charge in [0, 0.05) is 6.54 Å². The highest BCUT2D eigenvalue weighted by Gasteiger charge is 2.09. The smallest absolute Gasteiger partial charge is 0.253 e. The van der Waals surface area contributed by atoms with Gasteiger partial charge in [-0.05, 0) is 29.8 Å². The molecule has 2 aromatic carbocycles. The van der Waals surface area contributed by atoms with Crippen LogP contribution in [0.2, 0.25) is 0 Å². The molecule has 0 bridgehead atoms. The van der Waals surface area contributed by atoms with E-state index in [1.165, 1.54) is 12.1 Å². The predicted molar refractivity (Wildman–Crippen MR) is 71.8 cm³/mol. The molecule has 1 amide bonds. The lowest BCUT2D eigenvalue weighted by Crippen LogP contribution is -2.24. The zero-order valence-corrected chi connectivity index (χ0v) is 10.2. The second kappa shape index (κ2) is 5.97. The number of para-hydroxylation sites is 1. The molecule has 0 heterocycles. The molecule has 4 nitrogen and oxygen atoms in total. The maximum absolute atomic E-state index is 13.0. The highest BCUT2D eigenvalue weighted by molar-refractivity contribution is 5.99. The number of benzene rings is 2. The van der Waals surface area contributed by atoms with Crippen molar-refractivity contribution in [2.45, 2.75) is 6.54 Å². The Labute approximate surface area is 110 Å². The number of nitrogens with two attached hydrogens (primary N) is 1. The molecule has 98 valence electrons. The van der Waals surface area contributed by atoms with Gasteiger partial charge in [0.2, 0.25) is 0 Å². The van der Waals surface area contributed by atoms with Gasteiger partial charge in [-0.3, -0.25) is 10.6 Å². The number of hydrogen-bond donors (Lipinski definition) is 3. The fourth-order valence-corrected chi connectivity index (χ4v) is 1.73. The minimum absolute atomic E-state index is 0.259. The summed E-state index contributed by atoms with van der Waals surface area (Å²) in [6.45, 7) is 0.259. The van der Waals surface area contributed by atoms with E-state index in [1.807, 2.05) is 0 Å². The van der Waals surface area contributed by atoms with E-state index in [0.717, 1.165) is 0 Å². The van der Waals surface area contributed by atoms with Gasteiger partial charge < -0.3 is 10.7 Å². The summed E-state index contributed by atoms with van der Waals surface area (Å²) >= 11 is 0. The monoisotopic (exact) mass is 259 g/mol. The van der Waals surface area contributed by atoms with E-state index >= 15 is 0 Å². The lowest BCUT2D eigenvalue weighted by Gasteiger charge is -2.09. The molecular weight excluding hydrogens is 245 g/mol. The van der Waals surface area contributed by atoms with Crippen molar-refractivity contribution in [2.24, 2.45) is 5.84 Å². The van der Waals surface area contributed by atoms with Crippen LogP contribution >= 0.6 is 0 Å². The van der Waals surface area contributed by atoms with Crippen LogP contribution in [0, 0.1) is 5.82 Å². The SMILES string of the molecule is NNc1ccccc1C(=O)NCc1cccc(F)c1. The van der Waals surface area contributed by atoms with Gasteiger partial charge in [-0.25, -0.2) is 4.39 Å². The van der Waals surface area contributed by atoms with Gasteiger partial charge in [0.1, 0.15) is 5.82 Å². The van der Waals surface area contributed by atoms with Crippen molar-refractivity contribution in [2.75, 3.05) is 5.43 Å². The summed E-state index contributed by atoms with van der Waals surface area (Å²) in [5.41, 5.74) is 4.15. The van der Waals surface area contributed by atoms with Crippen LogP contribution in [0.25, 0.3) is 0 Å². The Morgan fingerprint density at radius 3 is 2.68 bits per heavy atom. The molecule has 0 atom stereocenters. The molecule has 0 aliphatic rings. The average molecular weight is 259 g/mol. The van der Waals surface area contributed by atoms with Crippen molar-refractivity contribution in [3.63, 3.8) is 0 Å². The predicted octanol–water partition coefficient (Wildman–Crippen LogP) is 2.04. The Kier molecular flexibility index (Phi) is 4.10. The maximum atomic E-state index is 13.0. The van der Waals surface area contributed by atoms with E-state index in [0.29, 0.717) is 16.8 Å². The fourth-order valence-electron chi connectivity index (χ4n) is 1.73. The Balaban J connectivity index is 2.05. The molecule has 5 heteroatoms. The largest absolute Gasteiger partial charge is 0.348 e. The summed E-state index contributed by atoms with van der Waals surface area (Å²) in [7, 11) is 0. The summed E-state index contributed by atoms with van der Waals surface area (Å²) in [4.78, 5) is 12.0. The summed E-state index contributed by atoms with van der Waals surface area (Å²) in [6.07, 6.45) is 0. The Hall–Kier alpha value is -2.40. The first-order chi connectivity index (χ1) is 9.20. The van der Waals surface area contributed by atoms with Crippen LogP contribution in [0.4, 0.5) is 10.1 Å². The van der Waals surface area contributed by atoms with Gasteiger partial charge in [-0.1, -0.05) is 24.3 Å². The molecule has 4 N–H and O–H groups in total. The second-order valence-corrected chi connectivity index (χ2v) is 4.00. The summed E-state index contributed by atoms with van der Waals surface area (Å²) in [5.74, 6) is 4.75. The van der Waals surface area contributed by atoms with Gasteiger partial charge in [-0.2, -0.15) is 0 Å². The van der Waals surface area contributed by atoms with Crippen molar-refractivity contribution in [3.8, 4) is 0 Å². The zero-order valence-electron chi connectivity index (χ0n) is 10.2. The Morgan fingerprint density at radius 1 is 1.16 bits per heavy atom. The van der Waals surface area contributed by atoms with E-state index in [2.05, 4.69) is 10.7 Å². The highest BCUT2D eigenvalue weighted by atomic mass is 19.1. The van der Waals surface area contributed by atoms with Crippen molar-refractivity contribution in [1.29, 1.82) is 0 Å². The van der Waals surface area contributed by atoms with Crippen molar-refractivity contribution >= 4 is 11.6 Å². The molecule has 0 fully saturated rings.